The van der Waals surface area contributed by atoms with Crippen LogP contribution >= 0.6 is 0 Å². The van der Waals surface area contributed by atoms with Crippen LogP contribution in [0.25, 0.3) is 44.7 Å². The van der Waals surface area contributed by atoms with Gasteiger partial charge in [0.15, 0.2) is 34.5 Å². The Morgan fingerprint density at radius 2 is 1.31 bits per heavy atom. The largest absolute Gasteiger partial charge is 0.504 e. The lowest BCUT2D eigenvalue weighted by molar-refractivity contribution is -0.115. The lowest BCUT2D eigenvalue weighted by Gasteiger charge is -2.17. The molecule has 0 saturated carbocycles. The fraction of sp³-hybridized carbons (Fsp3) is 0.200. The number of amides is 1. The van der Waals surface area contributed by atoms with Gasteiger partial charge in [-0.05, 0) is 65.7 Å². The molecule has 0 radical (unpaired) electrons. The zero-order valence-electron chi connectivity index (χ0n) is 29.9. The van der Waals surface area contributed by atoms with Crippen LogP contribution in [0.2, 0.25) is 0 Å². The van der Waals surface area contributed by atoms with Crippen LogP contribution in [0.3, 0.4) is 0 Å². The Hall–Kier alpha value is -6.56. The fourth-order valence-corrected chi connectivity index (χ4v) is 6.16. The van der Waals surface area contributed by atoms with Crippen LogP contribution in [0.1, 0.15) is 16.8 Å². The number of nitrogens with one attached hydrogen (secondary N) is 2. The number of ether oxygens (including phenoxy) is 7. The van der Waals surface area contributed by atoms with Gasteiger partial charge in [-0.25, -0.2) is 4.98 Å². The van der Waals surface area contributed by atoms with Crippen LogP contribution in [-0.4, -0.2) is 70.8 Å². The second-order valence-electron chi connectivity index (χ2n) is 11.6. The number of carbonyl (C=O) groups excluding carboxylic acids is 1. The molecule has 12 heteroatoms. The molecule has 0 atom stereocenters. The molecule has 6 rings (SSSR count). The molecule has 6 aromatic rings. The summed E-state index contributed by atoms with van der Waals surface area (Å²) in [6, 6.07) is 21.9. The van der Waals surface area contributed by atoms with Gasteiger partial charge in [0, 0.05) is 27.4 Å². The summed E-state index contributed by atoms with van der Waals surface area (Å²) < 4.78 is 38.8. The smallest absolute Gasteiger partial charge is 0.252 e. The third-order valence-corrected chi connectivity index (χ3v) is 8.65. The standard InChI is InChI=1S/C40H39N3O9/c1-46-31-13-12-22(15-30(31)44)14-27(23-16-32(47-2)38(51-6)33(17-23)48-3)40(45)41-21-25-20-28-26-10-8-9-11-29(26)43-37(28)36(42-25)24-18-34(49-4)39(52-7)35(19-24)50-5/h8-20,43-44H,21H2,1-7H3,(H,41,45)/b27-14+. The molecule has 1 amide bonds. The maximum atomic E-state index is 14.2. The number of H-pyrrole nitrogens is 1. The number of rotatable bonds is 13. The first kappa shape index (κ1) is 35.3. The van der Waals surface area contributed by atoms with Crippen LogP contribution < -0.4 is 38.5 Å². The van der Waals surface area contributed by atoms with E-state index in [4.69, 9.17) is 38.1 Å². The van der Waals surface area contributed by atoms with Crippen molar-refractivity contribution in [2.45, 2.75) is 6.54 Å². The number of aromatic nitrogens is 2. The van der Waals surface area contributed by atoms with Gasteiger partial charge in [0.05, 0.1) is 73.2 Å². The van der Waals surface area contributed by atoms with Gasteiger partial charge in [0.25, 0.3) is 5.91 Å². The number of aromatic hydroxyl groups is 1. The van der Waals surface area contributed by atoms with E-state index in [0.717, 1.165) is 27.4 Å². The number of phenolic OH excluding ortho intramolecular Hbond substituents is 1. The van der Waals surface area contributed by atoms with E-state index in [0.29, 0.717) is 62.8 Å². The lowest BCUT2D eigenvalue weighted by atomic mass is 10.00. The van der Waals surface area contributed by atoms with Gasteiger partial charge >= 0.3 is 0 Å². The molecule has 4 aromatic carbocycles. The quantitative estimate of drug-likeness (QED) is 0.0849. The number of phenols is 1. The molecule has 2 aromatic heterocycles. The highest BCUT2D eigenvalue weighted by atomic mass is 16.5. The average Bonchev–Trinajstić information content (AvgIpc) is 3.56. The van der Waals surface area contributed by atoms with Crippen LogP contribution in [0.4, 0.5) is 0 Å². The lowest BCUT2D eigenvalue weighted by Crippen LogP contribution is -2.24. The van der Waals surface area contributed by atoms with Gasteiger partial charge in [-0.3, -0.25) is 4.79 Å². The number of para-hydroxylation sites is 1. The van der Waals surface area contributed by atoms with Gasteiger partial charge in [-0.2, -0.15) is 0 Å². The second kappa shape index (κ2) is 15.1. The maximum Gasteiger partial charge on any atom is 0.252 e. The second-order valence-corrected chi connectivity index (χ2v) is 11.6. The van der Waals surface area contributed by atoms with E-state index in [1.807, 2.05) is 42.5 Å². The number of fused-ring (bicyclic) bond motifs is 3. The highest BCUT2D eigenvalue weighted by molar-refractivity contribution is 6.24. The van der Waals surface area contributed by atoms with Gasteiger partial charge in [-0.15, -0.1) is 0 Å². The van der Waals surface area contributed by atoms with E-state index in [2.05, 4.69) is 10.3 Å². The number of benzene rings is 4. The Balaban J connectivity index is 1.45. The number of hydrogen-bond donors (Lipinski definition) is 3. The molecular formula is C40H39N3O9. The topological polar surface area (TPSA) is 143 Å². The SMILES string of the molecule is COc1ccc(/C=C(/C(=O)NCc2cc3c([nH]c4ccccc43)c(-c3cc(OC)c(OC)c(OC)c3)n2)c2cc(OC)c(OC)c(OC)c2)cc1O. The highest BCUT2D eigenvalue weighted by Gasteiger charge is 2.22. The Bertz CT molecular complexity index is 2260. The summed E-state index contributed by atoms with van der Waals surface area (Å²) in [5, 5.41) is 15.5. The minimum atomic E-state index is -0.417. The van der Waals surface area contributed by atoms with Crippen LogP contribution in [0, 0.1) is 0 Å². The molecule has 0 unspecified atom stereocenters. The zero-order chi connectivity index (χ0) is 36.9. The number of pyridine rings is 1. The number of nitrogens with zero attached hydrogens (tertiary/aromatic N) is 1. The highest BCUT2D eigenvalue weighted by Crippen LogP contribution is 2.43. The molecule has 12 nitrogen and oxygen atoms in total. The van der Waals surface area contributed by atoms with E-state index < -0.39 is 5.91 Å². The van der Waals surface area contributed by atoms with Gasteiger partial charge in [-0.1, -0.05) is 24.3 Å². The molecule has 268 valence electrons. The minimum absolute atomic E-state index is 0.0708. The van der Waals surface area contributed by atoms with E-state index in [9.17, 15) is 9.90 Å². The summed E-state index contributed by atoms with van der Waals surface area (Å²) in [6.45, 7) is 0.0708. The first-order valence-electron chi connectivity index (χ1n) is 16.1. The first-order chi connectivity index (χ1) is 25.3. The van der Waals surface area contributed by atoms with Crippen molar-refractivity contribution in [1.82, 2.24) is 15.3 Å². The molecule has 0 spiro atoms. The molecule has 52 heavy (non-hydrogen) atoms. The van der Waals surface area contributed by atoms with Crippen molar-refractivity contribution in [3.8, 4) is 57.3 Å². The summed E-state index contributed by atoms with van der Waals surface area (Å²) in [5.74, 6) is 2.35. The van der Waals surface area contributed by atoms with Crippen molar-refractivity contribution >= 4 is 39.4 Å². The number of methoxy groups -OCH3 is 7. The molecule has 2 heterocycles. The zero-order valence-corrected chi connectivity index (χ0v) is 29.9. The van der Waals surface area contributed by atoms with Gasteiger partial charge in [0.2, 0.25) is 11.5 Å². The van der Waals surface area contributed by atoms with Crippen LogP contribution in [0.15, 0.2) is 72.8 Å². The van der Waals surface area contributed by atoms with E-state index in [1.165, 1.54) is 34.5 Å². The number of carbonyl (C=O) groups is 1. The summed E-state index contributed by atoms with van der Waals surface area (Å²) in [6.07, 6.45) is 1.66. The molecule has 0 aliphatic carbocycles. The summed E-state index contributed by atoms with van der Waals surface area (Å²) in [4.78, 5) is 22.8. The Labute approximate surface area is 300 Å². The fourth-order valence-electron chi connectivity index (χ4n) is 6.16. The Kier molecular flexibility index (Phi) is 10.3. The summed E-state index contributed by atoms with van der Waals surface area (Å²) >= 11 is 0. The van der Waals surface area contributed by atoms with Crippen molar-refractivity contribution in [3.63, 3.8) is 0 Å². The molecule has 0 saturated heterocycles. The summed E-state index contributed by atoms with van der Waals surface area (Å²) in [5.41, 5.74) is 5.00. The Morgan fingerprint density at radius 3 is 1.88 bits per heavy atom. The van der Waals surface area contributed by atoms with Crippen molar-refractivity contribution in [2.24, 2.45) is 0 Å². The van der Waals surface area contributed by atoms with Crippen LogP contribution in [0.5, 0.6) is 46.0 Å². The van der Waals surface area contributed by atoms with Gasteiger partial charge in [0.1, 0.15) is 0 Å². The summed E-state index contributed by atoms with van der Waals surface area (Å²) in [7, 11) is 10.7. The number of aromatic amines is 1. The van der Waals surface area contributed by atoms with E-state index in [-0.39, 0.29) is 17.9 Å². The van der Waals surface area contributed by atoms with Gasteiger partial charge < -0.3 is 48.6 Å². The molecule has 0 fully saturated rings. The van der Waals surface area contributed by atoms with E-state index >= 15 is 0 Å². The monoisotopic (exact) mass is 705 g/mol. The van der Waals surface area contributed by atoms with Crippen molar-refractivity contribution in [2.75, 3.05) is 49.8 Å². The Morgan fingerprint density at radius 1 is 0.712 bits per heavy atom. The molecular weight excluding hydrogens is 666 g/mol. The third-order valence-electron chi connectivity index (χ3n) is 8.65. The van der Waals surface area contributed by atoms with Crippen molar-refractivity contribution < 1.29 is 43.1 Å². The molecule has 0 bridgehead atoms. The minimum Gasteiger partial charge on any atom is -0.504 e. The molecule has 3 N–H and O–H groups in total. The number of hydrogen-bond acceptors (Lipinski definition) is 10. The van der Waals surface area contributed by atoms with Crippen LogP contribution in [-0.2, 0) is 11.3 Å². The molecule has 0 aliphatic rings. The predicted molar refractivity (Wildman–Crippen MR) is 199 cm³/mol. The van der Waals surface area contributed by atoms with Crippen molar-refractivity contribution in [1.29, 1.82) is 0 Å². The first-order valence-corrected chi connectivity index (χ1v) is 16.1. The third kappa shape index (κ3) is 6.65. The molecule has 0 aliphatic heterocycles. The van der Waals surface area contributed by atoms with Crippen molar-refractivity contribution in [3.05, 3.63) is 89.6 Å². The average molecular weight is 706 g/mol. The normalized spacial score (nSPS) is 11.3. The maximum absolute atomic E-state index is 14.2. The van der Waals surface area contributed by atoms with E-state index in [1.54, 1.807) is 51.7 Å². The predicted octanol–water partition coefficient (Wildman–Crippen LogP) is 7.01.